The summed E-state index contributed by atoms with van der Waals surface area (Å²) in [6.07, 6.45) is 5.37. The van der Waals surface area contributed by atoms with Gasteiger partial charge in [0.25, 0.3) is 0 Å². The molecule has 4 heteroatoms. The number of hydrogen-bond donors (Lipinski definition) is 1. The van der Waals surface area contributed by atoms with E-state index in [1.165, 1.54) is 22.0 Å². The Hall–Kier alpha value is -2.07. The fourth-order valence-corrected chi connectivity index (χ4v) is 3.88. The third-order valence-corrected chi connectivity index (χ3v) is 4.99. The molecular formula is C21H29N3O. The predicted molar refractivity (Wildman–Crippen MR) is 104 cm³/mol. The van der Waals surface area contributed by atoms with E-state index in [4.69, 9.17) is 0 Å². The highest BCUT2D eigenvalue weighted by molar-refractivity contribution is 5.92. The summed E-state index contributed by atoms with van der Waals surface area (Å²) in [6, 6.07) is 8.91. The Balaban J connectivity index is 1.67. The van der Waals surface area contributed by atoms with E-state index in [2.05, 4.69) is 74.1 Å². The minimum atomic E-state index is 0.231. The Morgan fingerprint density at radius 3 is 2.56 bits per heavy atom. The first kappa shape index (κ1) is 17.7. The molecule has 0 bridgehead atoms. The van der Waals surface area contributed by atoms with Gasteiger partial charge in [-0.05, 0) is 45.8 Å². The van der Waals surface area contributed by atoms with Crippen molar-refractivity contribution in [2.45, 2.75) is 46.2 Å². The molecule has 1 aliphatic heterocycles. The van der Waals surface area contributed by atoms with Crippen molar-refractivity contribution in [3.63, 3.8) is 0 Å². The number of fused-ring (bicyclic) bond motifs is 1. The molecule has 134 valence electrons. The molecule has 1 N–H and O–H groups in total. The Bertz CT molecular complexity index is 764. The number of aromatic amines is 1. The van der Waals surface area contributed by atoms with Crippen LogP contribution in [0.1, 0.15) is 39.7 Å². The van der Waals surface area contributed by atoms with Crippen LogP contribution in [0.15, 0.2) is 36.5 Å². The maximum atomic E-state index is 12.6. The Labute approximate surface area is 150 Å². The van der Waals surface area contributed by atoms with Crippen LogP contribution in [0, 0.1) is 0 Å². The van der Waals surface area contributed by atoms with Gasteiger partial charge in [0.2, 0.25) is 5.91 Å². The van der Waals surface area contributed by atoms with Gasteiger partial charge in [-0.15, -0.1) is 0 Å². The first-order chi connectivity index (χ1) is 12.0. The summed E-state index contributed by atoms with van der Waals surface area (Å²) in [5, 5.41) is 1.28. The summed E-state index contributed by atoms with van der Waals surface area (Å²) in [5.74, 6) is 0.231. The molecule has 0 unspecified atom stereocenters. The van der Waals surface area contributed by atoms with Gasteiger partial charge in [0.05, 0.1) is 6.54 Å². The van der Waals surface area contributed by atoms with Crippen LogP contribution >= 0.6 is 0 Å². The van der Waals surface area contributed by atoms with Gasteiger partial charge in [0.1, 0.15) is 0 Å². The van der Waals surface area contributed by atoms with Gasteiger partial charge in [-0.3, -0.25) is 9.69 Å². The number of hydrogen-bond acceptors (Lipinski definition) is 2. The van der Waals surface area contributed by atoms with Crippen LogP contribution in [-0.4, -0.2) is 52.4 Å². The molecule has 1 amide bonds. The van der Waals surface area contributed by atoms with E-state index in [1.807, 2.05) is 4.90 Å². The van der Waals surface area contributed by atoms with E-state index in [1.54, 1.807) is 0 Å². The minimum Gasteiger partial charge on any atom is -0.361 e. The molecule has 0 saturated heterocycles. The second kappa shape index (κ2) is 7.44. The van der Waals surface area contributed by atoms with Gasteiger partial charge in [-0.2, -0.15) is 0 Å². The number of nitrogens with one attached hydrogen (secondary N) is 1. The molecule has 0 fully saturated rings. The lowest BCUT2D eigenvalue weighted by molar-refractivity contribution is -0.135. The number of nitrogens with zero attached hydrogens (tertiary/aromatic N) is 2. The van der Waals surface area contributed by atoms with Crippen molar-refractivity contribution in [2.75, 3.05) is 19.6 Å². The maximum Gasteiger partial charge on any atom is 0.237 e. The van der Waals surface area contributed by atoms with Crippen molar-refractivity contribution >= 4 is 22.4 Å². The lowest BCUT2D eigenvalue weighted by atomic mass is 9.99. The summed E-state index contributed by atoms with van der Waals surface area (Å²) >= 11 is 0. The van der Waals surface area contributed by atoms with Crippen LogP contribution in [0.4, 0.5) is 0 Å². The number of aromatic nitrogens is 1. The predicted octanol–water partition coefficient (Wildman–Crippen LogP) is 3.90. The van der Waals surface area contributed by atoms with Crippen molar-refractivity contribution in [2.24, 2.45) is 0 Å². The molecule has 4 nitrogen and oxygen atoms in total. The van der Waals surface area contributed by atoms with E-state index in [-0.39, 0.29) is 18.0 Å². The number of carbonyl (C=O) groups is 1. The third-order valence-electron chi connectivity index (χ3n) is 4.99. The highest BCUT2D eigenvalue weighted by atomic mass is 16.2. The average molecular weight is 339 g/mol. The lowest BCUT2D eigenvalue weighted by Gasteiger charge is -2.34. The van der Waals surface area contributed by atoms with E-state index in [0.29, 0.717) is 6.54 Å². The van der Waals surface area contributed by atoms with Gasteiger partial charge in [0.15, 0.2) is 0 Å². The number of carbonyl (C=O) groups excluding carboxylic acids is 1. The molecule has 1 aromatic heterocycles. The first-order valence-corrected chi connectivity index (χ1v) is 9.26. The molecular weight excluding hydrogens is 310 g/mol. The second-order valence-electron chi connectivity index (χ2n) is 7.45. The third kappa shape index (κ3) is 3.79. The van der Waals surface area contributed by atoms with Crippen molar-refractivity contribution in [3.8, 4) is 0 Å². The molecule has 1 aromatic carbocycles. The number of amides is 1. The molecule has 2 heterocycles. The average Bonchev–Trinajstić information content (AvgIpc) is 2.99. The fourth-order valence-electron chi connectivity index (χ4n) is 3.88. The van der Waals surface area contributed by atoms with Crippen molar-refractivity contribution in [3.05, 3.63) is 42.1 Å². The van der Waals surface area contributed by atoms with Gasteiger partial charge >= 0.3 is 0 Å². The Morgan fingerprint density at radius 1 is 1.20 bits per heavy atom. The highest BCUT2D eigenvalue weighted by Gasteiger charge is 2.23. The Morgan fingerprint density at radius 2 is 1.92 bits per heavy atom. The summed E-state index contributed by atoms with van der Waals surface area (Å²) < 4.78 is 0. The van der Waals surface area contributed by atoms with Crippen molar-refractivity contribution in [1.29, 1.82) is 0 Å². The molecule has 0 spiro atoms. The van der Waals surface area contributed by atoms with E-state index < -0.39 is 0 Å². The van der Waals surface area contributed by atoms with Gasteiger partial charge in [0, 0.05) is 47.8 Å². The highest BCUT2D eigenvalue weighted by Crippen LogP contribution is 2.29. The van der Waals surface area contributed by atoms with E-state index in [9.17, 15) is 4.79 Å². The van der Waals surface area contributed by atoms with Crippen LogP contribution in [-0.2, 0) is 4.79 Å². The monoisotopic (exact) mass is 339 g/mol. The summed E-state index contributed by atoms with van der Waals surface area (Å²) in [4.78, 5) is 20.2. The summed E-state index contributed by atoms with van der Waals surface area (Å²) in [6.45, 7) is 10.6. The molecule has 25 heavy (non-hydrogen) atoms. The molecule has 2 aromatic rings. The first-order valence-electron chi connectivity index (χ1n) is 9.26. The lowest BCUT2D eigenvalue weighted by Crippen LogP contribution is -2.47. The van der Waals surface area contributed by atoms with Crippen molar-refractivity contribution in [1.82, 2.24) is 14.8 Å². The number of rotatable bonds is 5. The standard InChI is InChI=1S/C21H29N3O/c1-15(2)24(16(3)4)21(25)14-23-11-9-17(10-12-23)19-13-22-20-8-6-5-7-18(19)20/h5-9,13,15-16,22H,10-12,14H2,1-4H3. The normalized spacial score (nSPS) is 15.8. The van der Waals surface area contributed by atoms with Gasteiger partial charge in [-0.1, -0.05) is 24.3 Å². The summed E-state index contributed by atoms with van der Waals surface area (Å²) in [7, 11) is 0. The second-order valence-corrected chi connectivity index (χ2v) is 7.45. The van der Waals surface area contributed by atoms with Crippen LogP contribution in [0.3, 0.4) is 0 Å². The quantitative estimate of drug-likeness (QED) is 0.897. The van der Waals surface area contributed by atoms with Crippen molar-refractivity contribution < 1.29 is 4.79 Å². The number of para-hydroxylation sites is 1. The van der Waals surface area contributed by atoms with E-state index >= 15 is 0 Å². The molecule has 3 rings (SSSR count). The largest absolute Gasteiger partial charge is 0.361 e. The van der Waals surface area contributed by atoms with Gasteiger partial charge < -0.3 is 9.88 Å². The summed E-state index contributed by atoms with van der Waals surface area (Å²) in [5.41, 5.74) is 3.86. The zero-order valence-corrected chi connectivity index (χ0v) is 15.7. The van der Waals surface area contributed by atoms with Crippen LogP contribution in [0.5, 0.6) is 0 Å². The molecule has 1 aliphatic rings. The smallest absolute Gasteiger partial charge is 0.237 e. The maximum absolute atomic E-state index is 12.6. The SMILES string of the molecule is CC(C)N(C(=O)CN1CC=C(c2c[nH]c3ccccc23)CC1)C(C)C. The van der Waals surface area contributed by atoms with Crippen LogP contribution in [0.25, 0.3) is 16.5 Å². The zero-order valence-electron chi connectivity index (χ0n) is 15.7. The zero-order chi connectivity index (χ0) is 18.0. The topological polar surface area (TPSA) is 39.3 Å². The molecule has 0 aliphatic carbocycles. The molecule has 0 atom stereocenters. The minimum absolute atomic E-state index is 0.231. The number of benzene rings is 1. The van der Waals surface area contributed by atoms with E-state index in [0.717, 1.165) is 19.5 Å². The molecule has 0 saturated carbocycles. The number of H-pyrrole nitrogens is 1. The van der Waals surface area contributed by atoms with Gasteiger partial charge in [-0.25, -0.2) is 0 Å². The molecule has 0 radical (unpaired) electrons. The fraction of sp³-hybridized carbons (Fsp3) is 0.476. The Kier molecular flexibility index (Phi) is 5.28. The van der Waals surface area contributed by atoms with Crippen LogP contribution < -0.4 is 0 Å². The van der Waals surface area contributed by atoms with Crippen LogP contribution in [0.2, 0.25) is 0 Å².